The lowest BCUT2D eigenvalue weighted by Crippen LogP contribution is -2.28. The van der Waals surface area contributed by atoms with E-state index in [4.69, 9.17) is 4.74 Å². The second-order valence-electron chi connectivity index (χ2n) is 4.72. The number of aliphatic hydroxyl groups excluding tert-OH is 1. The van der Waals surface area contributed by atoms with Gasteiger partial charge in [-0.25, -0.2) is 0 Å². The summed E-state index contributed by atoms with van der Waals surface area (Å²) in [6.07, 6.45) is -0.142. The number of carboxylic acid groups (broad SMARTS) is 1. The third-order valence-electron chi connectivity index (χ3n) is 3.42. The molecule has 0 saturated carbocycles. The lowest BCUT2D eigenvalue weighted by atomic mass is 9.80. The van der Waals surface area contributed by atoms with Gasteiger partial charge in [0.25, 0.3) is 0 Å². The SMILES string of the molecule is CCC(C)(CC(O)c1cccc(OC)c1)C(=O)O. The van der Waals surface area contributed by atoms with Crippen LogP contribution in [0, 0.1) is 5.41 Å². The fourth-order valence-electron chi connectivity index (χ4n) is 1.78. The van der Waals surface area contributed by atoms with Crippen molar-refractivity contribution in [3.05, 3.63) is 29.8 Å². The van der Waals surface area contributed by atoms with Crippen LogP contribution in [0.3, 0.4) is 0 Å². The minimum absolute atomic E-state index is 0.187. The van der Waals surface area contributed by atoms with Crippen molar-refractivity contribution in [1.82, 2.24) is 0 Å². The first-order chi connectivity index (χ1) is 8.42. The Morgan fingerprint density at radius 2 is 2.17 bits per heavy atom. The molecule has 0 spiro atoms. The summed E-state index contributed by atoms with van der Waals surface area (Å²) in [6.45, 7) is 3.46. The van der Waals surface area contributed by atoms with Crippen LogP contribution in [0.2, 0.25) is 0 Å². The van der Waals surface area contributed by atoms with Crippen LogP contribution >= 0.6 is 0 Å². The minimum Gasteiger partial charge on any atom is -0.497 e. The highest BCUT2D eigenvalue weighted by Crippen LogP contribution is 2.34. The van der Waals surface area contributed by atoms with Crippen molar-refractivity contribution in [1.29, 1.82) is 0 Å². The predicted molar refractivity (Wildman–Crippen MR) is 68.6 cm³/mol. The molecular weight excluding hydrogens is 232 g/mol. The summed E-state index contributed by atoms with van der Waals surface area (Å²) in [5.74, 6) is -0.230. The van der Waals surface area contributed by atoms with Gasteiger partial charge in [-0.3, -0.25) is 4.79 Å². The molecule has 2 unspecified atom stereocenters. The molecule has 0 saturated heterocycles. The molecule has 2 N–H and O–H groups in total. The molecule has 1 aromatic carbocycles. The fourth-order valence-corrected chi connectivity index (χ4v) is 1.78. The molecule has 0 bridgehead atoms. The van der Waals surface area contributed by atoms with Crippen molar-refractivity contribution in [2.75, 3.05) is 7.11 Å². The van der Waals surface area contributed by atoms with Crippen LogP contribution in [0.25, 0.3) is 0 Å². The maximum atomic E-state index is 11.2. The Labute approximate surface area is 107 Å². The molecule has 0 amide bonds. The first kappa shape index (κ1) is 14.5. The molecule has 4 nitrogen and oxygen atoms in total. The van der Waals surface area contributed by atoms with E-state index in [-0.39, 0.29) is 6.42 Å². The smallest absolute Gasteiger partial charge is 0.309 e. The van der Waals surface area contributed by atoms with E-state index in [2.05, 4.69) is 0 Å². The maximum absolute atomic E-state index is 11.2. The molecule has 0 heterocycles. The Morgan fingerprint density at radius 1 is 1.50 bits per heavy atom. The number of ether oxygens (including phenoxy) is 1. The predicted octanol–water partition coefficient (Wildman–Crippen LogP) is 2.62. The van der Waals surface area contributed by atoms with Crippen molar-refractivity contribution in [3.63, 3.8) is 0 Å². The zero-order chi connectivity index (χ0) is 13.8. The molecule has 18 heavy (non-hydrogen) atoms. The van der Waals surface area contributed by atoms with E-state index >= 15 is 0 Å². The monoisotopic (exact) mass is 252 g/mol. The summed E-state index contributed by atoms with van der Waals surface area (Å²) in [5.41, 5.74) is -0.238. The summed E-state index contributed by atoms with van der Waals surface area (Å²) in [6, 6.07) is 7.06. The van der Waals surface area contributed by atoms with Crippen molar-refractivity contribution in [2.24, 2.45) is 5.41 Å². The Hall–Kier alpha value is -1.55. The molecule has 1 rings (SSSR count). The Bertz CT molecular complexity index is 416. The quantitative estimate of drug-likeness (QED) is 0.816. The van der Waals surface area contributed by atoms with Crippen molar-refractivity contribution >= 4 is 5.97 Å². The van der Waals surface area contributed by atoms with Gasteiger partial charge < -0.3 is 14.9 Å². The van der Waals surface area contributed by atoms with Crippen LogP contribution in [0.5, 0.6) is 5.75 Å². The number of aliphatic carboxylic acids is 1. The van der Waals surface area contributed by atoms with E-state index in [1.165, 1.54) is 0 Å². The Balaban J connectivity index is 2.87. The van der Waals surface area contributed by atoms with Gasteiger partial charge in [0.05, 0.1) is 18.6 Å². The number of benzene rings is 1. The fraction of sp³-hybridized carbons (Fsp3) is 0.500. The number of aliphatic hydroxyl groups is 1. The average Bonchev–Trinajstić information content (AvgIpc) is 2.38. The standard InChI is InChI=1S/C14H20O4/c1-4-14(2,13(16)17)9-12(15)10-6-5-7-11(8-10)18-3/h5-8,12,15H,4,9H2,1-3H3,(H,16,17). The van der Waals surface area contributed by atoms with Gasteiger partial charge in [-0.15, -0.1) is 0 Å². The number of hydrogen-bond acceptors (Lipinski definition) is 3. The van der Waals surface area contributed by atoms with Crippen molar-refractivity contribution in [3.8, 4) is 5.75 Å². The summed E-state index contributed by atoms with van der Waals surface area (Å²) in [4.78, 5) is 11.2. The number of hydrogen-bond donors (Lipinski definition) is 2. The molecule has 0 aromatic heterocycles. The average molecular weight is 252 g/mol. The number of carbonyl (C=O) groups is 1. The van der Waals surface area contributed by atoms with Crippen LogP contribution in [-0.2, 0) is 4.79 Å². The van der Waals surface area contributed by atoms with Crippen LogP contribution in [0.4, 0.5) is 0 Å². The van der Waals surface area contributed by atoms with Crippen molar-refractivity contribution in [2.45, 2.75) is 32.8 Å². The van der Waals surface area contributed by atoms with Gasteiger partial charge in [0.2, 0.25) is 0 Å². The highest BCUT2D eigenvalue weighted by Gasteiger charge is 2.33. The summed E-state index contributed by atoms with van der Waals surface area (Å²) in [5, 5.41) is 19.3. The van der Waals surface area contributed by atoms with E-state index in [0.717, 1.165) is 0 Å². The van der Waals surface area contributed by atoms with Crippen molar-refractivity contribution < 1.29 is 19.7 Å². The van der Waals surface area contributed by atoms with E-state index in [9.17, 15) is 15.0 Å². The largest absolute Gasteiger partial charge is 0.497 e. The zero-order valence-electron chi connectivity index (χ0n) is 11.0. The van der Waals surface area contributed by atoms with Crippen LogP contribution < -0.4 is 4.74 Å². The number of carboxylic acids is 1. The van der Waals surface area contributed by atoms with Gasteiger partial charge in [0.15, 0.2) is 0 Å². The topological polar surface area (TPSA) is 66.8 Å². The van der Waals surface area contributed by atoms with Gasteiger partial charge >= 0.3 is 5.97 Å². The lowest BCUT2D eigenvalue weighted by Gasteiger charge is -2.26. The van der Waals surface area contributed by atoms with E-state index < -0.39 is 17.5 Å². The molecule has 0 aliphatic heterocycles. The maximum Gasteiger partial charge on any atom is 0.309 e. The first-order valence-electron chi connectivity index (χ1n) is 5.98. The van der Waals surface area contributed by atoms with E-state index in [0.29, 0.717) is 17.7 Å². The molecule has 2 atom stereocenters. The first-order valence-corrected chi connectivity index (χ1v) is 5.98. The summed E-state index contributed by atoms with van der Waals surface area (Å²) >= 11 is 0. The van der Waals surface area contributed by atoms with Crippen LogP contribution in [-0.4, -0.2) is 23.3 Å². The molecule has 0 radical (unpaired) electrons. The van der Waals surface area contributed by atoms with Crippen LogP contribution in [0.1, 0.15) is 38.4 Å². The molecule has 100 valence electrons. The number of rotatable bonds is 6. The molecule has 4 heteroatoms. The van der Waals surface area contributed by atoms with E-state index in [1.807, 2.05) is 6.92 Å². The molecule has 0 aliphatic rings. The summed E-state index contributed by atoms with van der Waals surface area (Å²) < 4.78 is 5.08. The summed E-state index contributed by atoms with van der Waals surface area (Å²) in [7, 11) is 1.55. The highest BCUT2D eigenvalue weighted by molar-refractivity contribution is 5.74. The van der Waals surface area contributed by atoms with Gasteiger partial charge in [-0.1, -0.05) is 19.1 Å². The normalized spacial score (nSPS) is 15.8. The van der Waals surface area contributed by atoms with Crippen LogP contribution in [0.15, 0.2) is 24.3 Å². The Kier molecular flexibility index (Phi) is 4.73. The van der Waals surface area contributed by atoms with Gasteiger partial charge in [-0.05, 0) is 37.5 Å². The van der Waals surface area contributed by atoms with E-state index in [1.54, 1.807) is 38.3 Å². The molecule has 0 fully saturated rings. The molecule has 1 aromatic rings. The third kappa shape index (κ3) is 3.23. The zero-order valence-corrected chi connectivity index (χ0v) is 11.0. The highest BCUT2D eigenvalue weighted by atomic mass is 16.5. The lowest BCUT2D eigenvalue weighted by molar-refractivity contribution is -0.150. The Morgan fingerprint density at radius 3 is 2.67 bits per heavy atom. The molecular formula is C14H20O4. The second-order valence-corrected chi connectivity index (χ2v) is 4.72. The molecule has 0 aliphatic carbocycles. The minimum atomic E-state index is -0.914. The third-order valence-corrected chi connectivity index (χ3v) is 3.42. The van der Waals surface area contributed by atoms with Gasteiger partial charge in [-0.2, -0.15) is 0 Å². The van der Waals surface area contributed by atoms with Gasteiger partial charge in [0.1, 0.15) is 5.75 Å². The number of methoxy groups -OCH3 is 1. The van der Waals surface area contributed by atoms with Gasteiger partial charge in [0, 0.05) is 0 Å². The second kappa shape index (κ2) is 5.87.